The quantitative estimate of drug-likeness (QED) is 0.510. The van der Waals surface area contributed by atoms with Crippen LogP contribution in [-0.2, 0) is 9.53 Å². The molecule has 1 saturated carbocycles. The van der Waals surface area contributed by atoms with Crippen LogP contribution in [0.5, 0.6) is 11.5 Å². The molecule has 1 fully saturated rings. The summed E-state index contributed by atoms with van der Waals surface area (Å²) in [6.07, 6.45) is 2.51. The van der Waals surface area contributed by atoms with E-state index in [0.717, 1.165) is 17.1 Å². The van der Waals surface area contributed by atoms with Gasteiger partial charge in [0.15, 0.2) is 18.1 Å². The number of primary amides is 1. The van der Waals surface area contributed by atoms with E-state index in [4.69, 9.17) is 19.9 Å². The minimum absolute atomic E-state index is 0.0147. The van der Waals surface area contributed by atoms with E-state index in [2.05, 4.69) is 5.32 Å². The molecule has 0 unspecified atom stereocenters. The number of nitrogens with two attached hydrogens (primary N) is 1. The summed E-state index contributed by atoms with van der Waals surface area (Å²) in [5.41, 5.74) is 8.19. The van der Waals surface area contributed by atoms with Gasteiger partial charge in [-0.25, -0.2) is 4.79 Å². The summed E-state index contributed by atoms with van der Waals surface area (Å²) in [5.74, 6) is 0.489. The molecule has 3 N–H and O–H groups in total. The third-order valence-electron chi connectivity index (χ3n) is 6.27. The van der Waals surface area contributed by atoms with Crippen molar-refractivity contribution in [2.45, 2.75) is 45.6 Å². The van der Waals surface area contributed by atoms with Gasteiger partial charge in [-0.2, -0.15) is 0 Å². The van der Waals surface area contributed by atoms with E-state index in [-0.39, 0.29) is 30.3 Å². The van der Waals surface area contributed by atoms with Crippen LogP contribution in [0, 0.1) is 19.8 Å². The number of ketones is 1. The van der Waals surface area contributed by atoms with E-state index in [0.29, 0.717) is 56.0 Å². The van der Waals surface area contributed by atoms with Crippen LogP contribution in [0.25, 0.3) is 5.69 Å². The maximum atomic E-state index is 12.9. The first kappa shape index (κ1) is 22.7. The van der Waals surface area contributed by atoms with Crippen molar-refractivity contribution in [1.82, 2.24) is 9.88 Å². The number of esters is 1. The molecule has 1 aromatic heterocycles. The number of nitrogens with one attached hydrogen (secondary N) is 1. The number of aromatic nitrogens is 1. The fourth-order valence-electron chi connectivity index (χ4n) is 4.62. The lowest BCUT2D eigenvalue weighted by Gasteiger charge is -2.27. The molecule has 0 atom stereocenters. The Morgan fingerprint density at radius 1 is 1.06 bits per heavy atom. The first-order chi connectivity index (χ1) is 15.8. The summed E-state index contributed by atoms with van der Waals surface area (Å²) in [4.78, 5) is 36.3. The number of hydrogen-bond donors (Lipinski definition) is 2. The van der Waals surface area contributed by atoms with Crippen molar-refractivity contribution in [3.63, 3.8) is 0 Å². The number of ether oxygens (including phenoxy) is 3. The van der Waals surface area contributed by atoms with Gasteiger partial charge in [0.05, 0.1) is 5.92 Å². The molecule has 0 bridgehead atoms. The number of nitrogens with zero attached hydrogens (tertiary/aromatic N) is 1. The molecule has 1 aliphatic carbocycles. The standard InChI is InChI=1S/C24H29N3O6/c1-14-11-19(15(2)27(14)18-7-8-21-22(12-18)32-10-9-31-21)20(28)13-33-23(29)16-3-5-17(6-4-16)26-24(25)30/h7-8,11-12,16-17H,3-6,9-10,13H2,1-2H3,(H3,25,26,30). The molecule has 33 heavy (non-hydrogen) atoms. The van der Waals surface area contributed by atoms with Gasteiger partial charge in [-0.15, -0.1) is 0 Å². The van der Waals surface area contributed by atoms with E-state index >= 15 is 0 Å². The fraction of sp³-hybridized carbons (Fsp3) is 0.458. The van der Waals surface area contributed by atoms with E-state index < -0.39 is 6.03 Å². The van der Waals surface area contributed by atoms with Crippen LogP contribution in [0.3, 0.4) is 0 Å². The highest BCUT2D eigenvalue weighted by Crippen LogP contribution is 2.33. The number of fused-ring (bicyclic) bond motifs is 1. The Morgan fingerprint density at radius 2 is 1.76 bits per heavy atom. The lowest BCUT2D eigenvalue weighted by atomic mass is 9.86. The summed E-state index contributed by atoms with van der Waals surface area (Å²) in [6.45, 7) is 4.51. The lowest BCUT2D eigenvalue weighted by molar-refractivity contribution is -0.148. The molecule has 2 heterocycles. The van der Waals surface area contributed by atoms with Crippen LogP contribution in [0.15, 0.2) is 24.3 Å². The Balaban J connectivity index is 1.38. The average Bonchev–Trinajstić information content (AvgIpc) is 3.11. The van der Waals surface area contributed by atoms with Gasteiger partial charge >= 0.3 is 12.0 Å². The minimum Gasteiger partial charge on any atom is -0.486 e. The van der Waals surface area contributed by atoms with Crippen molar-refractivity contribution in [1.29, 1.82) is 0 Å². The zero-order valence-electron chi connectivity index (χ0n) is 18.9. The zero-order chi connectivity index (χ0) is 23.5. The zero-order valence-corrected chi connectivity index (χ0v) is 18.9. The van der Waals surface area contributed by atoms with E-state index in [1.807, 2.05) is 42.7 Å². The second-order valence-electron chi connectivity index (χ2n) is 8.54. The van der Waals surface area contributed by atoms with Gasteiger partial charge < -0.3 is 29.8 Å². The van der Waals surface area contributed by atoms with Crippen molar-refractivity contribution >= 4 is 17.8 Å². The topological polar surface area (TPSA) is 122 Å². The molecule has 1 aliphatic heterocycles. The number of carbonyl (C=O) groups is 3. The highest BCUT2D eigenvalue weighted by molar-refractivity contribution is 5.99. The van der Waals surface area contributed by atoms with Crippen LogP contribution in [0.4, 0.5) is 4.79 Å². The van der Waals surface area contributed by atoms with Crippen molar-refractivity contribution in [2.75, 3.05) is 19.8 Å². The van der Waals surface area contributed by atoms with E-state index in [9.17, 15) is 14.4 Å². The van der Waals surface area contributed by atoms with Gasteiger partial charge in [-0.1, -0.05) is 0 Å². The number of amides is 2. The summed E-state index contributed by atoms with van der Waals surface area (Å²) < 4.78 is 18.6. The SMILES string of the molecule is Cc1cc(C(=O)COC(=O)C2CCC(NC(N)=O)CC2)c(C)n1-c1ccc2c(c1)OCCO2. The van der Waals surface area contributed by atoms with Crippen molar-refractivity contribution < 1.29 is 28.6 Å². The monoisotopic (exact) mass is 455 g/mol. The number of hydrogen-bond acceptors (Lipinski definition) is 6. The molecular formula is C24H29N3O6. The highest BCUT2D eigenvalue weighted by Gasteiger charge is 2.29. The lowest BCUT2D eigenvalue weighted by Crippen LogP contribution is -2.41. The molecule has 0 saturated heterocycles. The number of benzene rings is 1. The molecule has 176 valence electrons. The molecule has 4 rings (SSSR count). The Labute approximate surface area is 192 Å². The number of urea groups is 1. The van der Waals surface area contributed by atoms with Gasteiger partial charge in [-0.05, 0) is 57.7 Å². The molecule has 9 heteroatoms. The van der Waals surface area contributed by atoms with E-state index in [1.165, 1.54) is 0 Å². The van der Waals surface area contributed by atoms with Gasteiger partial charge in [0, 0.05) is 34.7 Å². The second-order valence-corrected chi connectivity index (χ2v) is 8.54. The highest BCUT2D eigenvalue weighted by atomic mass is 16.6. The van der Waals surface area contributed by atoms with Crippen LogP contribution in [0.2, 0.25) is 0 Å². The van der Waals surface area contributed by atoms with Crippen LogP contribution >= 0.6 is 0 Å². The van der Waals surface area contributed by atoms with Crippen LogP contribution < -0.4 is 20.5 Å². The molecule has 1 aromatic carbocycles. The summed E-state index contributed by atoms with van der Waals surface area (Å²) in [5, 5.41) is 2.67. The largest absolute Gasteiger partial charge is 0.486 e. The Hall–Kier alpha value is -3.49. The smallest absolute Gasteiger partial charge is 0.312 e. The number of carbonyl (C=O) groups excluding carboxylic acids is 3. The first-order valence-corrected chi connectivity index (χ1v) is 11.2. The average molecular weight is 456 g/mol. The van der Waals surface area contributed by atoms with Crippen molar-refractivity contribution in [3.05, 3.63) is 41.2 Å². The van der Waals surface area contributed by atoms with Crippen molar-refractivity contribution in [2.24, 2.45) is 11.7 Å². The number of rotatable bonds is 6. The Morgan fingerprint density at radius 3 is 2.45 bits per heavy atom. The van der Waals surface area contributed by atoms with Gasteiger partial charge in [0.25, 0.3) is 0 Å². The maximum Gasteiger partial charge on any atom is 0.312 e. The third-order valence-corrected chi connectivity index (χ3v) is 6.27. The van der Waals surface area contributed by atoms with Gasteiger partial charge in [-0.3, -0.25) is 9.59 Å². The predicted octanol–water partition coefficient (Wildman–Crippen LogP) is 2.82. The van der Waals surface area contributed by atoms with Gasteiger partial charge in [0.1, 0.15) is 13.2 Å². The molecule has 9 nitrogen and oxygen atoms in total. The predicted molar refractivity (Wildman–Crippen MR) is 120 cm³/mol. The summed E-state index contributed by atoms with van der Waals surface area (Å²) in [6, 6.07) is 6.92. The molecule has 2 aliphatic rings. The maximum absolute atomic E-state index is 12.9. The minimum atomic E-state index is -0.555. The third kappa shape index (κ3) is 4.97. The number of Topliss-reactive ketones (excluding diaryl/α,β-unsaturated/α-hetero) is 1. The van der Waals surface area contributed by atoms with Gasteiger partial charge in [0.2, 0.25) is 5.78 Å². The number of aryl methyl sites for hydroxylation is 1. The second kappa shape index (κ2) is 9.56. The molecule has 2 amide bonds. The van der Waals surface area contributed by atoms with Crippen LogP contribution in [-0.4, -0.2) is 48.2 Å². The van der Waals surface area contributed by atoms with Crippen LogP contribution in [0.1, 0.15) is 47.4 Å². The molecular weight excluding hydrogens is 426 g/mol. The Kier molecular flexibility index (Phi) is 6.57. The Bertz CT molecular complexity index is 1070. The molecule has 0 spiro atoms. The van der Waals surface area contributed by atoms with Crippen molar-refractivity contribution in [3.8, 4) is 17.2 Å². The molecule has 0 radical (unpaired) electrons. The molecule has 2 aromatic rings. The summed E-state index contributed by atoms with van der Waals surface area (Å²) in [7, 11) is 0. The van der Waals surface area contributed by atoms with E-state index in [1.54, 1.807) is 0 Å². The first-order valence-electron chi connectivity index (χ1n) is 11.2. The normalized spacial score (nSPS) is 19.6. The summed E-state index contributed by atoms with van der Waals surface area (Å²) >= 11 is 0. The fourth-order valence-corrected chi connectivity index (χ4v) is 4.62.